The number of methoxy groups -OCH3 is 2. The van der Waals surface area contributed by atoms with Crippen LogP contribution in [0.5, 0.6) is 17.2 Å². The van der Waals surface area contributed by atoms with Crippen LogP contribution in [0.4, 0.5) is 0 Å². The number of phenolic OH excluding ortho intramolecular Hbond substituents is 1. The largest absolute Gasteiger partial charge is 0.504 e. The molecule has 0 aliphatic rings. The molecular weight excluding hydrogens is 210 g/mol. The number of hydrogen-bond donors (Lipinski definition) is 2. The predicted molar refractivity (Wildman–Crippen MR) is 59.2 cm³/mol. The van der Waals surface area contributed by atoms with Gasteiger partial charge in [-0.2, -0.15) is 0 Å². The van der Waals surface area contributed by atoms with Crippen LogP contribution in [-0.4, -0.2) is 31.7 Å². The number of carbonyl (C=O) groups is 1. The molecule has 0 aromatic heterocycles. The number of Topliss-reactive ketones (excluding diaryl/α,β-unsaturated/α-hetero) is 1. The van der Waals surface area contributed by atoms with E-state index in [4.69, 9.17) is 15.2 Å². The van der Waals surface area contributed by atoms with Crippen LogP contribution in [0.2, 0.25) is 0 Å². The summed E-state index contributed by atoms with van der Waals surface area (Å²) in [4.78, 5) is 11.6. The Kier molecular flexibility index (Phi) is 4.13. The van der Waals surface area contributed by atoms with E-state index in [1.807, 2.05) is 0 Å². The smallest absolute Gasteiger partial charge is 0.203 e. The molecule has 0 amide bonds. The second-order valence-corrected chi connectivity index (χ2v) is 3.16. The average molecular weight is 225 g/mol. The van der Waals surface area contributed by atoms with Crippen LogP contribution in [0.25, 0.3) is 0 Å². The zero-order chi connectivity index (χ0) is 12.1. The van der Waals surface area contributed by atoms with E-state index in [-0.39, 0.29) is 35.8 Å². The fourth-order valence-electron chi connectivity index (χ4n) is 1.40. The third kappa shape index (κ3) is 2.25. The first kappa shape index (κ1) is 12.3. The van der Waals surface area contributed by atoms with Gasteiger partial charge in [-0.3, -0.25) is 4.79 Å². The molecule has 88 valence electrons. The normalized spacial score (nSPS) is 9.94. The number of carbonyl (C=O) groups excluding carboxylic acids is 1. The summed E-state index contributed by atoms with van der Waals surface area (Å²) in [6, 6.07) is 3.07. The highest BCUT2D eigenvalue weighted by atomic mass is 16.5. The Hall–Kier alpha value is -1.75. The van der Waals surface area contributed by atoms with Gasteiger partial charge in [-0.15, -0.1) is 0 Å². The van der Waals surface area contributed by atoms with Crippen LogP contribution < -0.4 is 15.2 Å². The molecule has 5 nitrogen and oxygen atoms in total. The minimum atomic E-state index is -0.221. The molecule has 1 aromatic rings. The predicted octanol–water partition coefficient (Wildman–Crippen LogP) is 0.941. The van der Waals surface area contributed by atoms with Crippen LogP contribution in [0.3, 0.4) is 0 Å². The van der Waals surface area contributed by atoms with Crippen molar-refractivity contribution < 1.29 is 19.4 Å². The van der Waals surface area contributed by atoms with E-state index < -0.39 is 0 Å². The molecule has 0 aliphatic carbocycles. The summed E-state index contributed by atoms with van der Waals surface area (Å²) >= 11 is 0. The number of hydrogen-bond acceptors (Lipinski definition) is 5. The summed E-state index contributed by atoms with van der Waals surface area (Å²) in [5, 5.41) is 9.83. The fraction of sp³-hybridized carbons (Fsp3) is 0.364. The van der Waals surface area contributed by atoms with Gasteiger partial charge >= 0.3 is 0 Å². The molecule has 0 spiro atoms. The molecule has 3 N–H and O–H groups in total. The number of phenols is 1. The third-order valence-corrected chi connectivity index (χ3v) is 2.19. The maximum absolute atomic E-state index is 11.6. The average Bonchev–Trinajstić information content (AvgIpc) is 2.28. The Bertz CT molecular complexity index is 390. The van der Waals surface area contributed by atoms with Gasteiger partial charge in [0.1, 0.15) is 0 Å². The summed E-state index contributed by atoms with van der Waals surface area (Å²) < 4.78 is 9.97. The molecule has 0 atom stereocenters. The van der Waals surface area contributed by atoms with Crippen molar-refractivity contribution in [3.8, 4) is 17.2 Å². The van der Waals surface area contributed by atoms with Gasteiger partial charge in [0.05, 0.1) is 19.8 Å². The van der Waals surface area contributed by atoms with E-state index in [2.05, 4.69) is 0 Å². The molecule has 0 saturated carbocycles. The molecule has 0 radical (unpaired) electrons. The molecule has 1 rings (SSSR count). The number of aromatic hydroxyl groups is 1. The summed E-state index contributed by atoms with van der Waals surface area (Å²) in [6.45, 7) is 0.243. The van der Waals surface area contributed by atoms with Crippen molar-refractivity contribution in [2.75, 3.05) is 20.8 Å². The van der Waals surface area contributed by atoms with Crippen molar-refractivity contribution >= 4 is 5.78 Å². The van der Waals surface area contributed by atoms with Gasteiger partial charge in [-0.05, 0) is 18.7 Å². The molecule has 1 aromatic carbocycles. The Morgan fingerprint density at radius 1 is 1.38 bits per heavy atom. The minimum Gasteiger partial charge on any atom is -0.504 e. The fourth-order valence-corrected chi connectivity index (χ4v) is 1.40. The lowest BCUT2D eigenvalue weighted by atomic mass is 10.1. The minimum absolute atomic E-state index is 0.158. The molecule has 0 bridgehead atoms. The zero-order valence-corrected chi connectivity index (χ0v) is 9.32. The van der Waals surface area contributed by atoms with E-state index in [1.165, 1.54) is 20.3 Å². The number of ketones is 1. The molecule has 0 unspecified atom stereocenters. The summed E-state index contributed by atoms with van der Waals surface area (Å²) in [5.41, 5.74) is 5.48. The van der Waals surface area contributed by atoms with Crippen LogP contribution in [0.1, 0.15) is 16.8 Å². The van der Waals surface area contributed by atoms with Gasteiger partial charge in [0.15, 0.2) is 17.3 Å². The second kappa shape index (κ2) is 5.37. The lowest BCUT2D eigenvalue weighted by Gasteiger charge is -2.11. The first-order valence-electron chi connectivity index (χ1n) is 4.82. The van der Waals surface area contributed by atoms with Gasteiger partial charge in [0, 0.05) is 6.42 Å². The third-order valence-electron chi connectivity index (χ3n) is 2.19. The first-order chi connectivity index (χ1) is 7.65. The Morgan fingerprint density at radius 2 is 2.06 bits per heavy atom. The highest BCUT2D eigenvalue weighted by Gasteiger charge is 2.18. The second-order valence-electron chi connectivity index (χ2n) is 3.16. The van der Waals surface area contributed by atoms with Crippen molar-refractivity contribution in [1.82, 2.24) is 0 Å². The molecular formula is C11H15NO4. The van der Waals surface area contributed by atoms with Crippen LogP contribution in [-0.2, 0) is 0 Å². The van der Waals surface area contributed by atoms with Gasteiger partial charge < -0.3 is 20.3 Å². The summed E-state index contributed by atoms with van der Waals surface area (Å²) in [7, 11) is 2.85. The van der Waals surface area contributed by atoms with Crippen molar-refractivity contribution in [3.63, 3.8) is 0 Å². The van der Waals surface area contributed by atoms with E-state index >= 15 is 0 Å². The Balaban J connectivity index is 3.18. The molecule has 5 heteroatoms. The molecule has 0 heterocycles. The molecule has 0 aliphatic heterocycles. The van der Waals surface area contributed by atoms with Crippen LogP contribution in [0, 0.1) is 0 Å². The van der Waals surface area contributed by atoms with Crippen molar-refractivity contribution in [1.29, 1.82) is 0 Å². The van der Waals surface area contributed by atoms with Gasteiger partial charge in [-0.1, -0.05) is 0 Å². The van der Waals surface area contributed by atoms with Gasteiger partial charge in [0.2, 0.25) is 5.75 Å². The van der Waals surface area contributed by atoms with E-state index in [9.17, 15) is 9.90 Å². The van der Waals surface area contributed by atoms with E-state index in [0.717, 1.165) is 0 Å². The van der Waals surface area contributed by atoms with Crippen LogP contribution in [0.15, 0.2) is 12.1 Å². The monoisotopic (exact) mass is 225 g/mol. The topological polar surface area (TPSA) is 81.8 Å². The van der Waals surface area contributed by atoms with Gasteiger partial charge in [-0.25, -0.2) is 0 Å². The maximum Gasteiger partial charge on any atom is 0.203 e. The SMILES string of the molecule is COc1ccc(C(=O)CCN)c(O)c1OC. The zero-order valence-electron chi connectivity index (χ0n) is 9.32. The first-order valence-corrected chi connectivity index (χ1v) is 4.82. The van der Waals surface area contributed by atoms with Crippen molar-refractivity contribution in [3.05, 3.63) is 17.7 Å². The summed E-state index contributed by atoms with van der Waals surface area (Å²) in [5.74, 6) is 0.107. The highest BCUT2D eigenvalue weighted by Crippen LogP contribution is 2.39. The van der Waals surface area contributed by atoms with E-state index in [1.54, 1.807) is 6.07 Å². The molecule has 0 fully saturated rings. The van der Waals surface area contributed by atoms with Crippen molar-refractivity contribution in [2.24, 2.45) is 5.73 Å². The Morgan fingerprint density at radius 3 is 2.56 bits per heavy atom. The molecule has 16 heavy (non-hydrogen) atoms. The van der Waals surface area contributed by atoms with E-state index in [0.29, 0.717) is 5.75 Å². The highest BCUT2D eigenvalue weighted by molar-refractivity contribution is 5.99. The quantitative estimate of drug-likeness (QED) is 0.729. The van der Waals surface area contributed by atoms with Crippen LogP contribution >= 0.6 is 0 Å². The van der Waals surface area contributed by atoms with Gasteiger partial charge in [0.25, 0.3) is 0 Å². The molecule has 0 saturated heterocycles. The number of rotatable bonds is 5. The lowest BCUT2D eigenvalue weighted by Crippen LogP contribution is -2.08. The lowest BCUT2D eigenvalue weighted by molar-refractivity contribution is 0.0982. The number of nitrogens with two attached hydrogens (primary N) is 1. The maximum atomic E-state index is 11.6. The summed E-state index contributed by atoms with van der Waals surface area (Å²) in [6.07, 6.45) is 0.184. The number of ether oxygens (including phenoxy) is 2. The number of benzene rings is 1. The van der Waals surface area contributed by atoms with Crippen molar-refractivity contribution in [2.45, 2.75) is 6.42 Å². The Labute approximate surface area is 93.8 Å². The standard InChI is InChI=1S/C11H15NO4/c1-15-9-4-3-7(8(13)5-6-12)10(14)11(9)16-2/h3-4,14H,5-6,12H2,1-2H3.